The van der Waals surface area contributed by atoms with Crippen LogP contribution in [0, 0.1) is 0 Å². The summed E-state index contributed by atoms with van der Waals surface area (Å²) in [7, 11) is -4.68. The number of phosphoric ester groups is 1. The Bertz CT molecular complexity index is 1460. The van der Waals surface area contributed by atoms with Crippen LogP contribution in [0.25, 0.3) is 0 Å². The van der Waals surface area contributed by atoms with E-state index in [-0.39, 0.29) is 12.8 Å². The third-order valence-electron chi connectivity index (χ3n) is 8.28. The van der Waals surface area contributed by atoms with Crippen molar-refractivity contribution in [3.8, 4) is 0 Å². The smallest absolute Gasteiger partial charge is 0.462 e. The summed E-state index contributed by atoms with van der Waals surface area (Å²) in [6.45, 7) is 1.86. The van der Waals surface area contributed by atoms with Crippen molar-refractivity contribution >= 4 is 19.8 Å². The van der Waals surface area contributed by atoms with Crippen LogP contribution >= 0.6 is 7.82 Å². The number of unbranched alkanes of at least 4 members (excludes halogenated alkanes) is 4. The molecule has 0 amide bonds. The lowest BCUT2D eigenvalue weighted by Gasteiger charge is -2.20. The van der Waals surface area contributed by atoms with Gasteiger partial charge in [0.2, 0.25) is 0 Å². The number of aliphatic hydroxyl groups excluding tert-OH is 4. The molecule has 1 unspecified atom stereocenters. The molecule has 0 rings (SSSR count). The molecule has 0 spiro atoms. The zero-order valence-corrected chi connectivity index (χ0v) is 37.4. The van der Waals surface area contributed by atoms with Gasteiger partial charge in [-0.05, 0) is 77.0 Å². The van der Waals surface area contributed by atoms with Gasteiger partial charge in [-0.2, -0.15) is 0 Å². The van der Waals surface area contributed by atoms with Crippen molar-refractivity contribution in [3.05, 3.63) is 122 Å². The molecule has 0 aromatic carbocycles. The third kappa shape index (κ3) is 41.4. The number of aliphatic hydroxyl groups is 4. The second-order valence-electron chi connectivity index (χ2n) is 14.0. The van der Waals surface area contributed by atoms with Crippen molar-refractivity contribution in [3.63, 3.8) is 0 Å². The van der Waals surface area contributed by atoms with Gasteiger partial charge in [0, 0.05) is 12.8 Å². The van der Waals surface area contributed by atoms with Crippen LogP contribution in [0.3, 0.4) is 0 Å². The van der Waals surface area contributed by atoms with Crippen LogP contribution in [0.1, 0.15) is 117 Å². The molecule has 0 fully saturated rings. The zero-order valence-electron chi connectivity index (χ0n) is 36.5. The second kappa shape index (κ2) is 41.6. The first kappa shape index (κ1) is 57.3. The number of carbonyl (C=O) groups excluding carboxylic acids is 2. The van der Waals surface area contributed by atoms with E-state index in [2.05, 4.69) is 47.9 Å². The maximum Gasteiger partial charge on any atom is 0.472 e. The summed E-state index contributed by atoms with van der Waals surface area (Å²) in [5.41, 5.74) is 0. The maximum absolute atomic E-state index is 12.6. The van der Waals surface area contributed by atoms with Gasteiger partial charge in [-0.1, -0.05) is 148 Å². The van der Waals surface area contributed by atoms with Crippen LogP contribution in [-0.4, -0.2) is 88.1 Å². The Morgan fingerprint density at radius 3 is 1.64 bits per heavy atom. The Morgan fingerprint density at radius 1 is 0.574 bits per heavy atom. The van der Waals surface area contributed by atoms with Gasteiger partial charge in [0.25, 0.3) is 0 Å². The van der Waals surface area contributed by atoms with E-state index in [4.69, 9.17) is 19.1 Å². The van der Waals surface area contributed by atoms with Gasteiger partial charge in [-0.3, -0.25) is 18.6 Å². The van der Waals surface area contributed by atoms with Crippen molar-refractivity contribution in [1.82, 2.24) is 0 Å². The lowest BCUT2D eigenvalue weighted by Crippen LogP contribution is -2.29. The molecule has 0 aliphatic rings. The first-order valence-corrected chi connectivity index (χ1v) is 23.2. The summed E-state index contributed by atoms with van der Waals surface area (Å²) in [5, 5.41) is 38.3. The van der Waals surface area contributed by atoms with Gasteiger partial charge in [0.1, 0.15) is 12.7 Å². The molecule has 5 atom stereocenters. The van der Waals surface area contributed by atoms with Crippen LogP contribution in [0.2, 0.25) is 0 Å². The number of phosphoric acid groups is 1. The Balaban J connectivity index is 4.65. The standard InChI is InChI=1S/C48H75O12P/c1-3-5-7-8-9-10-11-12-13-14-15-16-17-18-19-24-32-38-48(54)60-46(42-59-61(55,56)58-40-45(52)39-49)41-57-47(53)37-31-23-21-20-22-28-34-44(51)36-30-26-25-29-35-43(50)33-27-6-4-2/h6,9-10,12-13,15-16,18-19,21-23,25-30,35-36,43-46,49-52H,3-5,7-8,11,14,17,20,24,31-34,37-42H2,1-2H3,(H,55,56)/b10-9-,13-12-,16-15-,19-18-,23-21-,26-25-,27-6-,28-22-,35-29+,36-30+/t43-,44+,45+,46-/m1/s1. The van der Waals surface area contributed by atoms with Crippen LogP contribution in [0.4, 0.5) is 0 Å². The largest absolute Gasteiger partial charge is 0.472 e. The van der Waals surface area contributed by atoms with Crippen LogP contribution in [0.5, 0.6) is 0 Å². The molecule has 0 aliphatic carbocycles. The minimum Gasteiger partial charge on any atom is -0.462 e. The van der Waals surface area contributed by atoms with Crippen molar-refractivity contribution in [1.29, 1.82) is 0 Å². The van der Waals surface area contributed by atoms with Gasteiger partial charge >= 0.3 is 19.8 Å². The first-order valence-electron chi connectivity index (χ1n) is 21.7. The van der Waals surface area contributed by atoms with Crippen molar-refractivity contribution in [2.45, 2.75) is 141 Å². The first-order chi connectivity index (χ1) is 29.5. The molecule has 61 heavy (non-hydrogen) atoms. The van der Waals surface area contributed by atoms with Crippen LogP contribution < -0.4 is 0 Å². The van der Waals surface area contributed by atoms with Gasteiger partial charge in [-0.15, -0.1) is 0 Å². The van der Waals surface area contributed by atoms with E-state index >= 15 is 0 Å². The summed E-state index contributed by atoms with van der Waals surface area (Å²) >= 11 is 0. The van der Waals surface area contributed by atoms with Crippen molar-refractivity contribution < 1.29 is 58.0 Å². The third-order valence-corrected chi connectivity index (χ3v) is 9.23. The average Bonchev–Trinajstić information content (AvgIpc) is 3.24. The molecule has 12 nitrogen and oxygen atoms in total. The summed E-state index contributed by atoms with van der Waals surface area (Å²) < 4.78 is 32.5. The normalized spacial score (nSPS) is 16.0. The Labute approximate surface area is 365 Å². The number of rotatable bonds is 38. The maximum atomic E-state index is 12.6. The van der Waals surface area contributed by atoms with E-state index in [0.717, 1.165) is 32.1 Å². The summed E-state index contributed by atoms with van der Waals surface area (Å²) in [6, 6.07) is 0. The molecular formula is C48H75O12P. The molecule has 0 heterocycles. The summed E-state index contributed by atoms with van der Waals surface area (Å²) in [5.74, 6) is -1.17. The number of hydrogen-bond donors (Lipinski definition) is 5. The highest BCUT2D eigenvalue weighted by molar-refractivity contribution is 7.47. The average molecular weight is 875 g/mol. The zero-order chi connectivity index (χ0) is 45.1. The molecule has 344 valence electrons. The predicted octanol–water partition coefficient (Wildman–Crippen LogP) is 9.49. The molecule has 0 aliphatic heterocycles. The predicted molar refractivity (Wildman–Crippen MR) is 244 cm³/mol. The molecule has 5 N–H and O–H groups in total. The SMILES string of the molecule is CC/C=C\C[C@@H](O)/C=C/C=C\C=C\[C@@H](O)C/C=C\C/C=C\CCC(=O)OC[C@H](COP(=O)(O)OC[C@@H](O)CO)OC(=O)CCC/C=C\C/C=C\C/C=C\C/C=C\CCCCC. The van der Waals surface area contributed by atoms with E-state index in [1.165, 1.54) is 19.3 Å². The van der Waals surface area contributed by atoms with Gasteiger partial charge in [0.15, 0.2) is 6.10 Å². The molecule has 0 saturated carbocycles. The Hall–Kier alpha value is -3.71. The number of esters is 2. The quantitative estimate of drug-likeness (QED) is 0.0130. The second-order valence-corrected chi connectivity index (χ2v) is 15.5. The van der Waals surface area contributed by atoms with Gasteiger partial charge in [-0.25, -0.2) is 4.57 Å². The molecule has 0 radical (unpaired) electrons. The number of allylic oxidation sites excluding steroid dienone is 16. The van der Waals surface area contributed by atoms with Crippen LogP contribution in [0.15, 0.2) is 122 Å². The molecular weight excluding hydrogens is 799 g/mol. The number of carbonyl (C=O) groups is 2. The van der Waals surface area contributed by atoms with E-state index in [9.17, 15) is 34.4 Å². The van der Waals surface area contributed by atoms with E-state index < -0.39 is 70.6 Å². The summed E-state index contributed by atoms with van der Waals surface area (Å²) in [4.78, 5) is 35.0. The molecule has 13 heteroatoms. The molecule has 0 saturated heterocycles. The topological polar surface area (TPSA) is 189 Å². The van der Waals surface area contributed by atoms with E-state index in [0.29, 0.717) is 38.5 Å². The van der Waals surface area contributed by atoms with E-state index in [1.807, 2.05) is 55.5 Å². The summed E-state index contributed by atoms with van der Waals surface area (Å²) in [6.07, 6.45) is 46.7. The molecule has 0 aromatic rings. The monoisotopic (exact) mass is 874 g/mol. The Morgan fingerprint density at radius 2 is 1.08 bits per heavy atom. The minimum atomic E-state index is -4.68. The minimum absolute atomic E-state index is 0.0402. The van der Waals surface area contributed by atoms with E-state index in [1.54, 1.807) is 36.5 Å². The van der Waals surface area contributed by atoms with Crippen LogP contribution in [-0.2, 0) is 32.7 Å². The molecule has 0 aromatic heterocycles. The lowest BCUT2D eigenvalue weighted by molar-refractivity contribution is -0.161. The van der Waals surface area contributed by atoms with Gasteiger partial charge in [0.05, 0.1) is 32.0 Å². The number of hydrogen-bond acceptors (Lipinski definition) is 11. The fraction of sp³-hybridized carbons (Fsp3) is 0.542. The van der Waals surface area contributed by atoms with Crippen molar-refractivity contribution in [2.75, 3.05) is 26.4 Å². The Kier molecular flexibility index (Phi) is 39.1. The fourth-order valence-corrected chi connectivity index (χ4v) is 5.68. The fourth-order valence-electron chi connectivity index (χ4n) is 4.89. The lowest BCUT2D eigenvalue weighted by atomic mass is 10.2. The number of ether oxygens (including phenoxy) is 2. The highest BCUT2D eigenvalue weighted by Gasteiger charge is 2.27. The van der Waals surface area contributed by atoms with Crippen molar-refractivity contribution in [2.24, 2.45) is 0 Å². The highest BCUT2D eigenvalue weighted by atomic mass is 31.2. The highest BCUT2D eigenvalue weighted by Crippen LogP contribution is 2.43. The van der Waals surface area contributed by atoms with Gasteiger partial charge < -0.3 is 34.8 Å². The molecule has 0 bridgehead atoms.